The molecule has 0 spiro atoms. The van der Waals surface area contributed by atoms with Crippen LogP contribution in [-0.4, -0.2) is 15.0 Å². The van der Waals surface area contributed by atoms with Gasteiger partial charge in [-0.05, 0) is 63.4 Å². The van der Waals surface area contributed by atoms with Crippen molar-refractivity contribution < 1.29 is 11.3 Å². The molecular formula is C49H29N3OS. The number of benzene rings is 8. The van der Waals surface area contributed by atoms with Gasteiger partial charge in [0.1, 0.15) is 11.2 Å². The van der Waals surface area contributed by atoms with Gasteiger partial charge in [0, 0.05) is 47.6 Å². The van der Waals surface area contributed by atoms with Crippen molar-refractivity contribution in [1.29, 1.82) is 0 Å². The van der Waals surface area contributed by atoms with Crippen LogP contribution in [0.1, 0.15) is 6.85 Å². The number of hydrogen-bond acceptors (Lipinski definition) is 5. The molecule has 11 rings (SSSR count). The van der Waals surface area contributed by atoms with Gasteiger partial charge in [-0.25, -0.2) is 15.0 Å². The molecule has 0 amide bonds. The standard InChI is InChI=1S/C49H29N3OS/c1-3-12-30(13-4-1)33-17-9-18-34(28-33)47-50-48(35-25-26-38-42(29-35)53-41-22-10-20-36(44(38)41)31-14-5-2-6-15-31)52-49(51-47)40-21-11-23-43-45(40)39-27-24-32-16-7-8-19-37(32)46(39)54-43/h1-29H/i7D,8D,11D,16D,21D. The van der Waals surface area contributed by atoms with Crippen LogP contribution in [-0.2, 0) is 0 Å². The minimum atomic E-state index is -0.125. The fourth-order valence-corrected chi connectivity index (χ4v) is 8.68. The Morgan fingerprint density at radius 2 is 1.17 bits per heavy atom. The lowest BCUT2D eigenvalue weighted by Gasteiger charge is -2.11. The number of nitrogens with zero attached hydrogens (tertiary/aromatic N) is 3. The number of furan rings is 1. The van der Waals surface area contributed by atoms with Gasteiger partial charge in [-0.3, -0.25) is 0 Å². The van der Waals surface area contributed by atoms with Gasteiger partial charge >= 0.3 is 0 Å². The van der Waals surface area contributed by atoms with E-state index in [-0.39, 0.29) is 36.0 Å². The summed E-state index contributed by atoms with van der Waals surface area (Å²) in [6.45, 7) is 0. The highest BCUT2D eigenvalue weighted by Crippen LogP contribution is 2.43. The highest BCUT2D eigenvalue weighted by Gasteiger charge is 2.20. The van der Waals surface area contributed by atoms with Gasteiger partial charge < -0.3 is 4.42 Å². The Kier molecular flexibility index (Phi) is 5.92. The average molecular weight is 713 g/mol. The first kappa shape index (κ1) is 25.9. The van der Waals surface area contributed by atoms with Gasteiger partial charge in [0.25, 0.3) is 0 Å². The molecule has 0 aliphatic rings. The third-order valence-electron chi connectivity index (χ3n) is 9.99. The Balaban J connectivity index is 1.17. The van der Waals surface area contributed by atoms with Crippen LogP contribution in [0.5, 0.6) is 0 Å². The van der Waals surface area contributed by atoms with Crippen molar-refractivity contribution in [2.45, 2.75) is 0 Å². The normalized spacial score (nSPS) is 13.0. The fraction of sp³-hybridized carbons (Fsp3) is 0. The van der Waals surface area contributed by atoms with Crippen LogP contribution in [0.15, 0.2) is 180 Å². The largest absolute Gasteiger partial charge is 0.456 e. The third kappa shape index (κ3) is 5.01. The minimum absolute atomic E-state index is 0.00311. The van der Waals surface area contributed by atoms with Crippen molar-refractivity contribution in [2.24, 2.45) is 0 Å². The molecule has 0 unspecified atom stereocenters. The Hall–Kier alpha value is -6.95. The van der Waals surface area contributed by atoms with Crippen molar-refractivity contribution in [3.63, 3.8) is 0 Å². The fourth-order valence-electron chi connectivity index (χ4n) is 7.47. The second-order valence-electron chi connectivity index (χ2n) is 13.2. The van der Waals surface area contributed by atoms with Crippen LogP contribution in [0.25, 0.3) is 109 Å². The smallest absolute Gasteiger partial charge is 0.164 e. The quantitative estimate of drug-likeness (QED) is 0.178. The molecule has 8 aromatic carbocycles. The summed E-state index contributed by atoms with van der Waals surface area (Å²) < 4.78 is 51.6. The van der Waals surface area contributed by atoms with Crippen LogP contribution >= 0.6 is 11.3 Å². The number of rotatable bonds is 5. The number of aromatic nitrogens is 3. The van der Waals surface area contributed by atoms with E-state index in [1.165, 1.54) is 11.3 Å². The summed E-state index contributed by atoms with van der Waals surface area (Å²) in [5.74, 6) is 1.04. The molecule has 3 aromatic heterocycles. The maximum absolute atomic E-state index is 9.36. The van der Waals surface area contributed by atoms with Crippen molar-refractivity contribution in [3.8, 4) is 56.4 Å². The predicted octanol–water partition coefficient (Wildman–Crippen LogP) is 13.6. The van der Waals surface area contributed by atoms with Gasteiger partial charge in [0.05, 0.1) is 6.85 Å². The summed E-state index contributed by atoms with van der Waals surface area (Å²) in [5.41, 5.74) is 7.53. The molecule has 5 heteroatoms. The second-order valence-corrected chi connectivity index (χ2v) is 14.2. The molecular weight excluding hydrogens is 679 g/mol. The number of thiophene rings is 1. The van der Waals surface area contributed by atoms with E-state index < -0.39 is 0 Å². The van der Waals surface area contributed by atoms with E-state index in [1.807, 2.05) is 97.1 Å². The van der Waals surface area contributed by atoms with E-state index in [4.69, 9.17) is 24.9 Å². The lowest BCUT2D eigenvalue weighted by atomic mass is 9.99. The number of fused-ring (bicyclic) bond motifs is 8. The average Bonchev–Trinajstić information content (AvgIpc) is 3.84. The van der Waals surface area contributed by atoms with Crippen molar-refractivity contribution in [3.05, 3.63) is 176 Å². The van der Waals surface area contributed by atoms with E-state index in [1.54, 1.807) is 18.2 Å². The summed E-state index contributed by atoms with van der Waals surface area (Å²) in [6.07, 6.45) is 0. The molecule has 0 radical (unpaired) electrons. The van der Waals surface area contributed by atoms with Crippen LogP contribution in [0.4, 0.5) is 0 Å². The Morgan fingerprint density at radius 3 is 2.02 bits per heavy atom. The molecule has 0 saturated heterocycles. The van der Waals surface area contributed by atoms with Gasteiger partial charge in [0.2, 0.25) is 0 Å². The molecule has 252 valence electrons. The van der Waals surface area contributed by atoms with Gasteiger partial charge in [-0.2, -0.15) is 0 Å². The first-order chi connectivity index (χ1) is 28.8. The van der Waals surface area contributed by atoms with Crippen molar-refractivity contribution >= 4 is 64.2 Å². The van der Waals surface area contributed by atoms with Crippen molar-refractivity contribution in [1.82, 2.24) is 15.0 Å². The zero-order valence-electron chi connectivity index (χ0n) is 33.5. The molecule has 0 saturated carbocycles. The molecule has 0 aliphatic heterocycles. The molecule has 4 nitrogen and oxygen atoms in total. The van der Waals surface area contributed by atoms with Crippen LogP contribution in [0, 0.1) is 0 Å². The van der Waals surface area contributed by atoms with Gasteiger partial charge in [-0.15, -0.1) is 11.3 Å². The molecule has 11 aromatic rings. The maximum Gasteiger partial charge on any atom is 0.164 e. The summed E-state index contributed by atoms with van der Waals surface area (Å²) in [6, 6.07) is 47.3. The van der Waals surface area contributed by atoms with Crippen LogP contribution in [0.3, 0.4) is 0 Å². The van der Waals surface area contributed by atoms with E-state index in [0.717, 1.165) is 59.0 Å². The predicted molar refractivity (Wildman–Crippen MR) is 225 cm³/mol. The van der Waals surface area contributed by atoms with E-state index in [0.29, 0.717) is 44.5 Å². The number of hydrogen-bond donors (Lipinski definition) is 0. The molecule has 0 atom stereocenters. The lowest BCUT2D eigenvalue weighted by molar-refractivity contribution is 0.669. The van der Waals surface area contributed by atoms with E-state index in [2.05, 4.69) is 30.3 Å². The Morgan fingerprint density at radius 1 is 0.444 bits per heavy atom. The maximum atomic E-state index is 9.36. The molecule has 0 N–H and O–H groups in total. The zero-order valence-corrected chi connectivity index (χ0v) is 29.3. The molecule has 54 heavy (non-hydrogen) atoms. The molecule has 3 heterocycles. The minimum Gasteiger partial charge on any atom is -0.456 e. The molecule has 0 fully saturated rings. The zero-order chi connectivity index (χ0) is 39.9. The Labute approximate surface area is 321 Å². The van der Waals surface area contributed by atoms with Crippen LogP contribution < -0.4 is 0 Å². The third-order valence-corrected chi connectivity index (χ3v) is 11.2. The monoisotopic (exact) mass is 712 g/mol. The Bertz CT molecular complexity index is 3510. The summed E-state index contributed by atoms with van der Waals surface area (Å²) in [4.78, 5) is 15.3. The summed E-state index contributed by atoms with van der Waals surface area (Å²) >= 11 is 1.43. The topological polar surface area (TPSA) is 51.8 Å². The highest BCUT2D eigenvalue weighted by molar-refractivity contribution is 7.26. The molecule has 0 bridgehead atoms. The summed E-state index contributed by atoms with van der Waals surface area (Å²) in [7, 11) is 0. The van der Waals surface area contributed by atoms with Crippen LogP contribution in [0.2, 0.25) is 0 Å². The van der Waals surface area contributed by atoms with E-state index in [9.17, 15) is 1.37 Å². The van der Waals surface area contributed by atoms with Gasteiger partial charge in [-0.1, -0.05) is 145 Å². The van der Waals surface area contributed by atoms with E-state index >= 15 is 0 Å². The second kappa shape index (κ2) is 12.3. The SMILES string of the molecule is [2H]c1cc2c(ccc3c2sc2cc([2H])c([2H])c(-c4nc(-c5cccc(-c6ccccc6)c5)nc(-c5ccc6c(c5)oc5cccc(-c7ccccc7)c56)n4)c23)c([2H])c1[2H]. The highest BCUT2D eigenvalue weighted by atomic mass is 32.1. The first-order valence-electron chi connectivity index (χ1n) is 20.1. The van der Waals surface area contributed by atoms with Crippen molar-refractivity contribution in [2.75, 3.05) is 0 Å². The van der Waals surface area contributed by atoms with Gasteiger partial charge in [0.15, 0.2) is 17.5 Å². The summed E-state index contributed by atoms with van der Waals surface area (Å²) in [5, 5.41) is 4.75. The molecule has 0 aliphatic carbocycles. The lowest BCUT2D eigenvalue weighted by Crippen LogP contribution is -2.00. The first-order valence-corrected chi connectivity index (χ1v) is 18.4.